The summed E-state index contributed by atoms with van der Waals surface area (Å²) in [6.07, 6.45) is 2.47. The average molecular weight is 236 g/mol. The number of likely N-dealkylation sites (tertiary alicyclic amines) is 1. The summed E-state index contributed by atoms with van der Waals surface area (Å²) < 4.78 is 10.9. The lowest BCUT2D eigenvalue weighted by Gasteiger charge is -2.19. The summed E-state index contributed by atoms with van der Waals surface area (Å²) in [5, 5.41) is 0. The highest BCUT2D eigenvalue weighted by molar-refractivity contribution is 5.55. The van der Waals surface area contributed by atoms with E-state index in [4.69, 9.17) is 15.2 Å². The number of hydrogen-bond acceptors (Lipinski definition) is 4. The first-order chi connectivity index (χ1) is 8.20. The minimum atomic E-state index is 0.526. The molecule has 94 valence electrons. The Hall–Kier alpha value is -1.42. The maximum atomic E-state index is 5.78. The molecule has 0 amide bonds. The minimum absolute atomic E-state index is 0.526. The number of anilines is 1. The molecule has 1 fully saturated rings. The van der Waals surface area contributed by atoms with Gasteiger partial charge in [-0.2, -0.15) is 0 Å². The van der Waals surface area contributed by atoms with Crippen molar-refractivity contribution in [2.75, 3.05) is 33.0 Å². The first-order valence-electron chi connectivity index (χ1n) is 5.97. The van der Waals surface area contributed by atoms with E-state index in [1.807, 2.05) is 18.2 Å². The molecule has 17 heavy (non-hydrogen) atoms. The van der Waals surface area contributed by atoms with Gasteiger partial charge in [0.15, 0.2) is 0 Å². The third-order valence-corrected chi connectivity index (χ3v) is 3.32. The molecule has 1 unspecified atom stereocenters. The topological polar surface area (TPSA) is 47.7 Å². The Bertz CT molecular complexity index is 382. The van der Waals surface area contributed by atoms with Crippen molar-refractivity contribution in [3.05, 3.63) is 18.2 Å². The standard InChI is InChI=1S/C13H20N2O2/c1-15-7-3-4-10(15)9-17-11-5-6-12(14)13(8-11)16-2/h5-6,8,10H,3-4,7,9,14H2,1-2H3. The number of ether oxygens (including phenoxy) is 2. The van der Waals surface area contributed by atoms with Crippen molar-refractivity contribution in [2.24, 2.45) is 0 Å². The summed E-state index contributed by atoms with van der Waals surface area (Å²) >= 11 is 0. The van der Waals surface area contributed by atoms with Crippen LogP contribution in [0.2, 0.25) is 0 Å². The molecule has 4 heteroatoms. The third-order valence-electron chi connectivity index (χ3n) is 3.32. The number of nitrogen functional groups attached to an aromatic ring is 1. The lowest BCUT2D eigenvalue weighted by atomic mass is 10.2. The van der Waals surface area contributed by atoms with E-state index in [0.717, 1.165) is 12.4 Å². The van der Waals surface area contributed by atoms with Crippen molar-refractivity contribution >= 4 is 5.69 Å². The predicted molar refractivity (Wildman–Crippen MR) is 68.6 cm³/mol. The Kier molecular flexibility index (Phi) is 3.74. The van der Waals surface area contributed by atoms with Gasteiger partial charge in [-0.3, -0.25) is 0 Å². The molecule has 0 aliphatic carbocycles. The van der Waals surface area contributed by atoms with E-state index in [2.05, 4.69) is 11.9 Å². The van der Waals surface area contributed by atoms with Crippen molar-refractivity contribution in [2.45, 2.75) is 18.9 Å². The molecule has 1 aliphatic rings. The Balaban J connectivity index is 1.94. The molecule has 0 bridgehead atoms. The Morgan fingerprint density at radius 2 is 2.29 bits per heavy atom. The van der Waals surface area contributed by atoms with Crippen molar-refractivity contribution in [3.8, 4) is 11.5 Å². The second kappa shape index (κ2) is 5.27. The van der Waals surface area contributed by atoms with Gasteiger partial charge in [-0.05, 0) is 38.6 Å². The summed E-state index contributed by atoms with van der Waals surface area (Å²) in [6.45, 7) is 1.89. The van der Waals surface area contributed by atoms with Crippen molar-refractivity contribution in [1.29, 1.82) is 0 Å². The van der Waals surface area contributed by atoms with E-state index in [9.17, 15) is 0 Å². The van der Waals surface area contributed by atoms with Crippen LogP contribution >= 0.6 is 0 Å². The van der Waals surface area contributed by atoms with Crippen LogP contribution in [-0.2, 0) is 0 Å². The lowest BCUT2D eigenvalue weighted by molar-refractivity contribution is 0.198. The van der Waals surface area contributed by atoms with Crippen LogP contribution in [-0.4, -0.2) is 38.3 Å². The minimum Gasteiger partial charge on any atom is -0.494 e. The highest BCUT2D eigenvalue weighted by Gasteiger charge is 2.21. The highest BCUT2D eigenvalue weighted by atomic mass is 16.5. The number of hydrogen-bond donors (Lipinski definition) is 1. The van der Waals surface area contributed by atoms with E-state index < -0.39 is 0 Å². The number of methoxy groups -OCH3 is 1. The molecule has 1 aliphatic heterocycles. The molecule has 0 aromatic heterocycles. The number of rotatable bonds is 4. The van der Waals surface area contributed by atoms with Crippen molar-refractivity contribution in [1.82, 2.24) is 4.90 Å². The Morgan fingerprint density at radius 3 is 2.94 bits per heavy atom. The third kappa shape index (κ3) is 2.82. The second-order valence-corrected chi connectivity index (χ2v) is 4.49. The molecule has 1 aromatic carbocycles. The van der Waals surface area contributed by atoms with Gasteiger partial charge in [-0.15, -0.1) is 0 Å². The van der Waals surface area contributed by atoms with Crippen molar-refractivity contribution in [3.63, 3.8) is 0 Å². The molecule has 1 atom stereocenters. The molecule has 1 aromatic rings. The maximum Gasteiger partial charge on any atom is 0.145 e. The SMILES string of the molecule is COc1cc(OCC2CCCN2C)ccc1N. The fraction of sp³-hybridized carbons (Fsp3) is 0.538. The molecule has 1 heterocycles. The molecule has 1 saturated heterocycles. The zero-order valence-electron chi connectivity index (χ0n) is 10.5. The van der Waals surface area contributed by atoms with Gasteiger partial charge in [-0.1, -0.05) is 0 Å². The predicted octanol–water partition coefficient (Wildman–Crippen LogP) is 1.75. The average Bonchev–Trinajstić information content (AvgIpc) is 2.74. The van der Waals surface area contributed by atoms with Gasteiger partial charge >= 0.3 is 0 Å². The number of benzene rings is 1. The Morgan fingerprint density at radius 1 is 1.47 bits per heavy atom. The molecular weight excluding hydrogens is 216 g/mol. The smallest absolute Gasteiger partial charge is 0.145 e. The van der Waals surface area contributed by atoms with Crippen LogP contribution in [0, 0.1) is 0 Å². The van der Waals surface area contributed by atoms with Gasteiger partial charge in [0.1, 0.15) is 18.1 Å². The van der Waals surface area contributed by atoms with Gasteiger partial charge in [0.25, 0.3) is 0 Å². The second-order valence-electron chi connectivity index (χ2n) is 4.49. The molecule has 2 N–H and O–H groups in total. The largest absolute Gasteiger partial charge is 0.494 e. The number of likely N-dealkylation sites (N-methyl/N-ethyl adjacent to an activating group) is 1. The van der Waals surface area contributed by atoms with E-state index >= 15 is 0 Å². The fourth-order valence-electron chi connectivity index (χ4n) is 2.16. The monoisotopic (exact) mass is 236 g/mol. The van der Waals surface area contributed by atoms with Crippen LogP contribution in [0.4, 0.5) is 5.69 Å². The zero-order valence-corrected chi connectivity index (χ0v) is 10.5. The molecule has 2 rings (SSSR count). The molecule has 0 radical (unpaired) electrons. The highest BCUT2D eigenvalue weighted by Crippen LogP contribution is 2.27. The van der Waals surface area contributed by atoms with Gasteiger partial charge < -0.3 is 20.1 Å². The van der Waals surface area contributed by atoms with Crippen LogP contribution < -0.4 is 15.2 Å². The van der Waals surface area contributed by atoms with E-state index in [1.165, 1.54) is 19.4 Å². The quantitative estimate of drug-likeness (QED) is 0.809. The lowest BCUT2D eigenvalue weighted by Crippen LogP contribution is -2.30. The van der Waals surface area contributed by atoms with Crippen molar-refractivity contribution < 1.29 is 9.47 Å². The number of nitrogens with zero attached hydrogens (tertiary/aromatic N) is 1. The summed E-state index contributed by atoms with van der Waals surface area (Å²) in [5.41, 5.74) is 6.39. The normalized spacial score (nSPS) is 20.5. The van der Waals surface area contributed by atoms with Crippen LogP contribution in [0.1, 0.15) is 12.8 Å². The van der Waals surface area contributed by atoms with Crippen LogP contribution in [0.25, 0.3) is 0 Å². The number of nitrogens with two attached hydrogens (primary N) is 1. The molecule has 0 spiro atoms. The Labute approximate surface area is 102 Å². The van der Waals surface area contributed by atoms with Crippen LogP contribution in [0.5, 0.6) is 11.5 Å². The van der Waals surface area contributed by atoms with Crippen LogP contribution in [0.3, 0.4) is 0 Å². The van der Waals surface area contributed by atoms with Gasteiger partial charge in [0.2, 0.25) is 0 Å². The van der Waals surface area contributed by atoms with E-state index in [1.54, 1.807) is 7.11 Å². The van der Waals surface area contributed by atoms with E-state index in [-0.39, 0.29) is 0 Å². The fourth-order valence-corrected chi connectivity index (χ4v) is 2.16. The summed E-state index contributed by atoms with van der Waals surface area (Å²) in [6, 6.07) is 6.06. The van der Waals surface area contributed by atoms with Crippen LogP contribution in [0.15, 0.2) is 18.2 Å². The molecular formula is C13H20N2O2. The summed E-state index contributed by atoms with van der Waals surface area (Å²) in [5.74, 6) is 1.48. The summed E-state index contributed by atoms with van der Waals surface area (Å²) in [4.78, 5) is 2.34. The summed E-state index contributed by atoms with van der Waals surface area (Å²) in [7, 11) is 3.75. The molecule has 4 nitrogen and oxygen atoms in total. The maximum absolute atomic E-state index is 5.78. The van der Waals surface area contributed by atoms with Gasteiger partial charge in [-0.25, -0.2) is 0 Å². The van der Waals surface area contributed by atoms with E-state index in [0.29, 0.717) is 17.5 Å². The first kappa shape index (κ1) is 12.0. The first-order valence-corrected chi connectivity index (χ1v) is 5.97. The van der Waals surface area contributed by atoms with Gasteiger partial charge in [0.05, 0.1) is 12.8 Å². The molecule has 0 saturated carbocycles. The van der Waals surface area contributed by atoms with Gasteiger partial charge in [0, 0.05) is 12.1 Å². The zero-order chi connectivity index (χ0) is 12.3.